The molecular weight excluding hydrogens is 258 g/mol. The summed E-state index contributed by atoms with van der Waals surface area (Å²) in [6.07, 6.45) is 0.558. The minimum absolute atomic E-state index is 0.145. The number of hydrogen-bond donors (Lipinski definition) is 3. The molecule has 0 aromatic carbocycles. The molecule has 1 aliphatic heterocycles. The Morgan fingerprint density at radius 2 is 2.39 bits per heavy atom. The van der Waals surface area contributed by atoms with E-state index in [-0.39, 0.29) is 24.7 Å². The van der Waals surface area contributed by atoms with Gasteiger partial charge in [-0.05, 0) is 6.42 Å². The van der Waals surface area contributed by atoms with Gasteiger partial charge in [-0.1, -0.05) is 0 Å². The second kappa shape index (κ2) is 5.13. The van der Waals surface area contributed by atoms with Gasteiger partial charge in [0.2, 0.25) is 11.8 Å². The van der Waals surface area contributed by atoms with Gasteiger partial charge in [0.15, 0.2) is 5.13 Å². The fourth-order valence-electron chi connectivity index (χ4n) is 1.59. The van der Waals surface area contributed by atoms with Crippen LogP contribution in [0.1, 0.15) is 18.5 Å². The van der Waals surface area contributed by atoms with E-state index in [1.165, 1.54) is 11.3 Å². The minimum atomic E-state index is -0.951. The maximum atomic E-state index is 11.5. The van der Waals surface area contributed by atoms with Crippen molar-refractivity contribution >= 4 is 34.3 Å². The molecule has 0 spiro atoms. The maximum Gasteiger partial charge on any atom is 0.309 e. The Kier molecular flexibility index (Phi) is 3.56. The zero-order valence-corrected chi connectivity index (χ0v) is 10.1. The lowest BCUT2D eigenvalue weighted by atomic mass is 10.1. The molecule has 0 radical (unpaired) electrons. The molecule has 1 aromatic rings. The third kappa shape index (κ3) is 3.04. The van der Waals surface area contributed by atoms with Crippen molar-refractivity contribution in [3.8, 4) is 0 Å². The fraction of sp³-hybridized carbons (Fsp3) is 0.400. The number of aromatic nitrogens is 1. The second-order valence-corrected chi connectivity index (χ2v) is 4.72. The van der Waals surface area contributed by atoms with Crippen LogP contribution in [0.4, 0.5) is 5.13 Å². The number of carbonyl (C=O) groups excluding carboxylic acids is 2. The first-order valence-electron chi connectivity index (χ1n) is 5.31. The van der Waals surface area contributed by atoms with Crippen LogP contribution in [0, 0.1) is 0 Å². The van der Waals surface area contributed by atoms with Gasteiger partial charge in [-0.3, -0.25) is 19.7 Å². The number of nitrogens with one attached hydrogen (secondary N) is 2. The largest absolute Gasteiger partial charge is 0.481 e. The molecular formula is C10H11N3O4S. The van der Waals surface area contributed by atoms with Crippen molar-refractivity contribution in [1.82, 2.24) is 10.3 Å². The molecule has 8 heteroatoms. The standard InChI is InChI=1S/C10H11N3O4S/c14-7-2-1-6(9(17)13-7)12-10-11-5(4-18-10)3-8(15)16/h4,6H,1-3H2,(H,11,12)(H,15,16)(H,13,14,17). The van der Waals surface area contributed by atoms with E-state index >= 15 is 0 Å². The normalized spacial score (nSPS) is 19.4. The van der Waals surface area contributed by atoms with Crippen molar-refractivity contribution in [1.29, 1.82) is 0 Å². The second-order valence-electron chi connectivity index (χ2n) is 3.86. The van der Waals surface area contributed by atoms with E-state index in [0.29, 0.717) is 17.2 Å². The molecule has 96 valence electrons. The Balaban J connectivity index is 1.97. The molecule has 2 rings (SSSR count). The number of carboxylic acids is 1. The number of carboxylic acid groups (broad SMARTS) is 1. The summed E-state index contributed by atoms with van der Waals surface area (Å²) in [5.41, 5.74) is 0.447. The summed E-state index contributed by atoms with van der Waals surface area (Å²) in [4.78, 5) is 37.0. The molecule has 0 aliphatic carbocycles. The van der Waals surface area contributed by atoms with Crippen molar-refractivity contribution in [3.05, 3.63) is 11.1 Å². The molecule has 1 aliphatic rings. The highest BCUT2D eigenvalue weighted by Gasteiger charge is 2.26. The molecule has 0 saturated carbocycles. The minimum Gasteiger partial charge on any atom is -0.481 e. The zero-order valence-electron chi connectivity index (χ0n) is 9.30. The first kappa shape index (κ1) is 12.5. The van der Waals surface area contributed by atoms with Crippen molar-refractivity contribution in [3.63, 3.8) is 0 Å². The van der Waals surface area contributed by atoms with Gasteiger partial charge in [-0.15, -0.1) is 11.3 Å². The molecule has 1 atom stereocenters. The summed E-state index contributed by atoms with van der Waals surface area (Å²) in [6.45, 7) is 0. The average molecular weight is 269 g/mol. The first-order chi connectivity index (χ1) is 8.54. The smallest absolute Gasteiger partial charge is 0.309 e. The number of hydrogen-bond acceptors (Lipinski definition) is 6. The molecule has 3 N–H and O–H groups in total. The Hall–Kier alpha value is -1.96. The number of amides is 2. The SMILES string of the molecule is O=C(O)Cc1csc(NC2CCC(=O)NC2=O)n1. The van der Waals surface area contributed by atoms with Crippen molar-refractivity contribution in [2.75, 3.05) is 5.32 Å². The average Bonchev–Trinajstić information content (AvgIpc) is 2.69. The maximum absolute atomic E-state index is 11.5. The van der Waals surface area contributed by atoms with Gasteiger partial charge >= 0.3 is 5.97 Å². The van der Waals surface area contributed by atoms with Crippen molar-refractivity contribution < 1.29 is 19.5 Å². The van der Waals surface area contributed by atoms with E-state index in [1.807, 2.05) is 0 Å². The number of anilines is 1. The van der Waals surface area contributed by atoms with Gasteiger partial charge in [0.25, 0.3) is 0 Å². The lowest BCUT2D eigenvalue weighted by Crippen LogP contribution is -2.47. The third-order valence-corrected chi connectivity index (χ3v) is 3.24. The summed E-state index contributed by atoms with van der Waals surface area (Å²) in [5, 5.41) is 15.9. The van der Waals surface area contributed by atoms with E-state index in [9.17, 15) is 14.4 Å². The molecule has 18 heavy (non-hydrogen) atoms. The predicted octanol–water partition coefficient (Wildman–Crippen LogP) is -0.0127. The molecule has 1 unspecified atom stereocenters. The van der Waals surface area contributed by atoms with Gasteiger partial charge in [0, 0.05) is 11.8 Å². The van der Waals surface area contributed by atoms with Gasteiger partial charge in [0.1, 0.15) is 6.04 Å². The van der Waals surface area contributed by atoms with E-state index in [2.05, 4.69) is 15.6 Å². The van der Waals surface area contributed by atoms with Crippen LogP contribution in [0.3, 0.4) is 0 Å². The van der Waals surface area contributed by atoms with E-state index in [4.69, 9.17) is 5.11 Å². The molecule has 0 bridgehead atoms. The van der Waals surface area contributed by atoms with Gasteiger partial charge < -0.3 is 10.4 Å². The zero-order chi connectivity index (χ0) is 13.1. The summed E-state index contributed by atoms with van der Waals surface area (Å²) >= 11 is 1.24. The van der Waals surface area contributed by atoms with Gasteiger partial charge in [0.05, 0.1) is 12.1 Å². The number of nitrogens with zero attached hydrogens (tertiary/aromatic N) is 1. The molecule has 7 nitrogen and oxygen atoms in total. The first-order valence-corrected chi connectivity index (χ1v) is 6.19. The topological polar surface area (TPSA) is 108 Å². The van der Waals surface area contributed by atoms with Gasteiger partial charge in [-0.25, -0.2) is 4.98 Å². The highest BCUT2D eigenvalue weighted by Crippen LogP contribution is 2.19. The van der Waals surface area contributed by atoms with Crippen LogP contribution in [-0.2, 0) is 20.8 Å². The van der Waals surface area contributed by atoms with Crippen LogP contribution in [0.5, 0.6) is 0 Å². The lowest BCUT2D eigenvalue weighted by Gasteiger charge is -2.21. The highest BCUT2D eigenvalue weighted by atomic mass is 32.1. The lowest BCUT2D eigenvalue weighted by molar-refractivity contribution is -0.136. The number of carbonyl (C=O) groups is 3. The summed E-state index contributed by atoms with van der Waals surface area (Å²) in [7, 11) is 0. The molecule has 1 saturated heterocycles. The third-order valence-electron chi connectivity index (χ3n) is 2.42. The molecule has 1 fully saturated rings. The number of imide groups is 1. The Morgan fingerprint density at radius 1 is 1.61 bits per heavy atom. The monoisotopic (exact) mass is 269 g/mol. The van der Waals surface area contributed by atoms with Crippen LogP contribution in [0.15, 0.2) is 5.38 Å². The fourth-order valence-corrected chi connectivity index (χ4v) is 2.35. The highest BCUT2D eigenvalue weighted by molar-refractivity contribution is 7.13. The number of rotatable bonds is 4. The summed E-state index contributed by atoms with van der Waals surface area (Å²) in [6, 6.07) is -0.494. The van der Waals surface area contributed by atoms with Crippen molar-refractivity contribution in [2.45, 2.75) is 25.3 Å². The number of aliphatic carboxylic acids is 1. The molecule has 1 aromatic heterocycles. The predicted molar refractivity (Wildman–Crippen MR) is 63.2 cm³/mol. The number of thiazole rings is 1. The van der Waals surface area contributed by atoms with Crippen LogP contribution in [0.2, 0.25) is 0 Å². The summed E-state index contributed by atoms with van der Waals surface area (Å²) in [5.74, 6) is -1.60. The molecule has 2 amide bonds. The van der Waals surface area contributed by atoms with Crippen LogP contribution in [-0.4, -0.2) is 33.9 Å². The quantitative estimate of drug-likeness (QED) is 0.663. The van der Waals surface area contributed by atoms with E-state index in [1.54, 1.807) is 5.38 Å². The Bertz CT molecular complexity index is 499. The van der Waals surface area contributed by atoms with Crippen LogP contribution >= 0.6 is 11.3 Å². The number of piperidine rings is 1. The van der Waals surface area contributed by atoms with Crippen molar-refractivity contribution in [2.24, 2.45) is 0 Å². The van der Waals surface area contributed by atoms with E-state index < -0.39 is 12.0 Å². The summed E-state index contributed by atoms with van der Waals surface area (Å²) < 4.78 is 0. The Labute approximate surface area is 106 Å². The van der Waals surface area contributed by atoms with Crippen LogP contribution in [0.25, 0.3) is 0 Å². The molecule has 2 heterocycles. The van der Waals surface area contributed by atoms with Gasteiger partial charge in [-0.2, -0.15) is 0 Å². The van der Waals surface area contributed by atoms with E-state index in [0.717, 1.165) is 0 Å². The van der Waals surface area contributed by atoms with Crippen LogP contribution < -0.4 is 10.6 Å². The Morgan fingerprint density at radius 3 is 3.06 bits per heavy atom.